The molecule has 0 amide bonds. The number of piperidine rings is 1. The SMILES string of the molecule is CC[C@@H]1C#CC[C@H]([C@H](O)CCC2CCC(O)C(OCCCC3CC[NH2+]C(N)C3)C2)[C@@H](O)CCCC1. The van der Waals surface area contributed by atoms with Crippen molar-refractivity contribution in [3.8, 4) is 11.8 Å². The number of ether oxygens (including phenoxy) is 1. The summed E-state index contributed by atoms with van der Waals surface area (Å²) in [6.07, 6.45) is 13.2. The highest BCUT2D eigenvalue weighted by Gasteiger charge is 2.32. The molecule has 1 saturated carbocycles. The molecule has 0 aromatic rings. The summed E-state index contributed by atoms with van der Waals surface area (Å²) in [5.41, 5.74) is 6.07. The second-order valence-corrected chi connectivity index (χ2v) is 11.7. The van der Waals surface area contributed by atoms with Crippen LogP contribution in [0.2, 0.25) is 0 Å². The van der Waals surface area contributed by atoms with Crippen LogP contribution < -0.4 is 11.1 Å². The molecule has 6 nitrogen and oxygen atoms in total. The molecule has 0 aromatic heterocycles. The molecule has 2 fully saturated rings. The van der Waals surface area contributed by atoms with Gasteiger partial charge in [-0.05, 0) is 82.5 Å². The minimum Gasteiger partial charge on any atom is -0.393 e. The maximum Gasteiger partial charge on any atom is 0.137 e. The molecular weight excluding hydrogens is 440 g/mol. The van der Waals surface area contributed by atoms with Gasteiger partial charge >= 0.3 is 0 Å². The predicted octanol–water partition coefficient (Wildman–Crippen LogP) is 2.68. The predicted molar refractivity (Wildman–Crippen MR) is 139 cm³/mol. The summed E-state index contributed by atoms with van der Waals surface area (Å²) < 4.78 is 6.15. The van der Waals surface area contributed by atoms with E-state index in [0.717, 1.165) is 83.6 Å². The number of aliphatic hydroxyl groups is 3. The van der Waals surface area contributed by atoms with Crippen molar-refractivity contribution in [2.24, 2.45) is 29.4 Å². The van der Waals surface area contributed by atoms with E-state index in [1.54, 1.807) is 0 Å². The van der Waals surface area contributed by atoms with Crippen molar-refractivity contribution in [2.75, 3.05) is 13.2 Å². The number of nitrogens with two attached hydrogens (primary N) is 2. The highest BCUT2D eigenvalue weighted by atomic mass is 16.5. The van der Waals surface area contributed by atoms with Gasteiger partial charge in [-0.25, -0.2) is 0 Å². The molecule has 1 heterocycles. The minimum absolute atomic E-state index is 0.0936. The van der Waals surface area contributed by atoms with Gasteiger partial charge in [0.05, 0.1) is 31.0 Å². The lowest BCUT2D eigenvalue weighted by Gasteiger charge is -2.34. The fourth-order valence-corrected chi connectivity index (χ4v) is 6.46. The van der Waals surface area contributed by atoms with Gasteiger partial charge < -0.3 is 25.4 Å². The van der Waals surface area contributed by atoms with Crippen LogP contribution in [-0.4, -0.2) is 59.1 Å². The maximum absolute atomic E-state index is 11.0. The van der Waals surface area contributed by atoms with Crippen LogP contribution in [0.25, 0.3) is 0 Å². The van der Waals surface area contributed by atoms with Crippen LogP contribution in [0.5, 0.6) is 0 Å². The number of hydrogen-bond acceptors (Lipinski definition) is 5. The molecule has 35 heavy (non-hydrogen) atoms. The van der Waals surface area contributed by atoms with Crippen LogP contribution in [0.15, 0.2) is 0 Å². The summed E-state index contributed by atoms with van der Waals surface area (Å²) in [6, 6.07) is 0. The third-order valence-electron chi connectivity index (χ3n) is 8.90. The standard InChI is InChI=1S/C29H52N2O4/c1-2-21-7-3-4-11-25(32)24(10-5-8-21)26(33)14-12-23-13-15-27(34)28(19-23)35-18-6-9-22-16-17-31-29(30)20-22/h21-29,31-34H,2-4,6-7,9-20,30H2,1H3/p+1/t21-,22?,23?,24-,25-,26+,27?,28?,29?/m0/s1. The third-order valence-corrected chi connectivity index (χ3v) is 8.90. The van der Waals surface area contributed by atoms with Crippen molar-refractivity contribution in [2.45, 2.75) is 134 Å². The van der Waals surface area contributed by atoms with E-state index in [-0.39, 0.29) is 24.3 Å². The van der Waals surface area contributed by atoms with Crippen LogP contribution in [0, 0.1) is 35.5 Å². The van der Waals surface area contributed by atoms with Crippen LogP contribution in [0.4, 0.5) is 0 Å². The Morgan fingerprint density at radius 3 is 2.60 bits per heavy atom. The van der Waals surface area contributed by atoms with Crippen molar-refractivity contribution < 1.29 is 25.4 Å². The first-order valence-electron chi connectivity index (χ1n) is 14.7. The van der Waals surface area contributed by atoms with Gasteiger partial charge in [-0.3, -0.25) is 5.73 Å². The molecule has 1 saturated heterocycles. The molecule has 3 rings (SSSR count). The number of aliphatic hydroxyl groups excluding tert-OH is 3. The largest absolute Gasteiger partial charge is 0.393 e. The molecule has 9 atom stereocenters. The van der Waals surface area contributed by atoms with Gasteiger partial charge in [0, 0.05) is 31.3 Å². The Morgan fingerprint density at radius 1 is 1.00 bits per heavy atom. The molecule has 2 aliphatic carbocycles. The van der Waals surface area contributed by atoms with E-state index < -0.39 is 12.2 Å². The molecule has 0 aromatic carbocycles. The zero-order valence-corrected chi connectivity index (χ0v) is 22.1. The third kappa shape index (κ3) is 9.95. The lowest BCUT2D eigenvalue weighted by molar-refractivity contribution is -0.699. The molecule has 7 N–H and O–H groups in total. The maximum atomic E-state index is 11.0. The van der Waals surface area contributed by atoms with E-state index in [9.17, 15) is 15.3 Å². The van der Waals surface area contributed by atoms with Crippen LogP contribution in [0.3, 0.4) is 0 Å². The Balaban J connectivity index is 1.40. The Labute approximate surface area is 213 Å². The van der Waals surface area contributed by atoms with Crippen molar-refractivity contribution >= 4 is 0 Å². The van der Waals surface area contributed by atoms with Crippen LogP contribution in [0.1, 0.15) is 103 Å². The lowest BCUT2D eigenvalue weighted by Crippen LogP contribution is -2.94. The summed E-state index contributed by atoms with van der Waals surface area (Å²) in [5.74, 6) is 8.13. The van der Waals surface area contributed by atoms with Crippen LogP contribution in [-0.2, 0) is 4.74 Å². The van der Waals surface area contributed by atoms with Gasteiger partial charge in [-0.1, -0.05) is 25.7 Å². The van der Waals surface area contributed by atoms with E-state index in [1.807, 2.05) is 0 Å². The van der Waals surface area contributed by atoms with E-state index in [1.165, 1.54) is 6.42 Å². The van der Waals surface area contributed by atoms with Crippen molar-refractivity contribution in [1.29, 1.82) is 0 Å². The van der Waals surface area contributed by atoms with Gasteiger partial charge in [0.2, 0.25) is 0 Å². The zero-order valence-electron chi connectivity index (χ0n) is 22.1. The van der Waals surface area contributed by atoms with Gasteiger partial charge in [0.15, 0.2) is 0 Å². The second kappa shape index (κ2) is 15.5. The van der Waals surface area contributed by atoms with Gasteiger partial charge in [0.25, 0.3) is 0 Å². The van der Waals surface area contributed by atoms with Gasteiger partial charge in [-0.15, -0.1) is 5.92 Å². The highest BCUT2D eigenvalue weighted by Crippen LogP contribution is 2.32. The summed E-state index contributed by atoms with van der Waals surface area (Å²) >= 11 is 0. The molecular formula is C29H53N2O4+. The van der Waals surface area contributed by atoms with Crippen molar-refractivity contribution in [1.82, 2.24) is 0 Å². The van der Waals surface area contributed by atoms with E-state index >= 15 is 0 Å². The number of hydrogen-bond donors (Lipinski definition) is 5. The topological polar surface area (TPSA) is 113 Å². The number of quaternary nitrogens is 1. The molecule has 1 aliphatic heterocycles. The molecule has 0 spiro atoms. The van der Waals surface area contributed by atoms with E-state index in [4.69, 9.17) is 10.5 Å². The first-order chi connectivity index (χ1) is 17.0. The monoisotopic (exact) mass is 493 g/mol. The molecule has 0 bridgehead atoms. The number of rotatable bonds is 10. The van der Waals surface area contributed by atoms with Crippen LogP contribution >= 0.6 is 0 Å². The molecule has 6 heteroatoms. The smallest absolute Gasteiger partial charge is 0.137 e. The fraction of sp³-hybridized carbons (Fsp3) is 0.931. The Kier molecular flexibility index (Phi) is 12.8. The zero-order chi connectivity index (χ0) is 25.0. The van der Waals surface area contributed by atoms with Gasteiger partial charge in [0.1, 0.15) is 6.17 Å². The molecule has 3 aliphatic rings. The fourth-order valence-electron chi connectivity index (χ4n) is 6.46. The minimum atomic E-state index is -0.524. The van der Waals surface area contributed by atoms with E-state index in [0.29, 0.717) is 37.2 Å². The highest BCUT2D eigenvalue weighted by molar-refractivity contribution is 5.06. The first-order valence-corrected chi connectivity index (χ1v) is 14.7. The van der Waals surface area contributed by atoms with Crippen molar-refractivity contribution in [3.05, 3.63) is 0 Å². The average Bonchev–Trinajstić information content (AvgIpc) is 2.85. The van der Waals surface area contributed by atoms with Crippen molar-refractivity contribution in [3.63, 3.8) is 0 Å². The quantitative estimate of drug-likeness (QED) is 0.237. The normalized spacial score (nSPS) is 37.7. The Hall–Kier alpha value is -0.680. The van der Waals surface area contributed by atoms with E-state index in [2.05, 4.69) is 24.1 Å². The summed E-state index contributed by atoms with van der Waals surface area (Å²) in [6.45, 7) is 4.03. The average molecular weight is 494 g/mol. The summed E-state index contributed by atoms with van der Waals surface area (Å²) in [5, 5.41) is 34.5. The summed E-state index contributed by atoms with van der Waals surface area (Å²) in [4.78, 5) is 0. The molecule has 5 unspecified atom stereocenters. The Morgan fingerprint density at radius 2 is 1.80 bits per heavy atom. The Bertz CT molecular complexity index is 650. The molecule has 0 radical (unpaired) electrons. The second-order valence-electron chi connectivity index (χ2n) is 11.7. The van der Waals surface area contributed by atoms with Gasteiger partial charge in [-0.2, -0.15) is 0 Å². The molecule has 202 valence electrons. The first kappa shape index (κ1) is 28.9. The lowest BCUT2D eigenvalue weighted by atomic mass is 9.79. The summed E-state index contributed by atoms with van der Waals surface area (Å²) in [7, 11) is 0.